The number of hydrogen-bond acceptors (Lipinski definition) is 2. The van der Waals surface area contributed by atoms with Gasteiger partial charge in [0, 0.05) is 12.6 Å². The van der Waals surface area contributed by atoms with E-state index in [1.165, 1.54) is 11.1 Å². The van der Waals surface area contributed by atoms with Crippen LogP contribution >= 0.6 is 0 Å². The molecule has 15 heavy (non-hydrogen) atoms. The van der Waals surface area contributed by atoms with E-state index in [1.54, 1.807) is 6.21 Å². The Kier molecular flexibility index (Phi) is 4.34. The normalized spacial score (nSPS) is 10.5. The molecular weight excluding hydrogens is 188 g/mol. The third kappa shape index (κ3) is 4.26. The molecule has 0 fully saturated rings. The van der Waals surface area contributed by atoms with Crippen LogP contribution in [0.4, 0.5) is 0 Å². The fourth-order valence-electron chi connectivity index (χ4n) is 1.16. The highest BCUT2D eigenvalue weighted by Gasteiger charge is 1.90. The van der Waals surface area contributed by atoms with Crippen molar-refractivity contribution in [2.24, 2.45) is 21.7 Å². The van der Waals surface area contributed by atoms with Crippen LogP contribution in [0.1, 0.15) is 18.1 Å². The molecule has 0 amide bonds. The van der Waals surface area contributed by atoms with E-state index in [9.17, 15) is 0 Å². The van der Waals surface area contributed by atoms with Crippen LogP contribution in [-0.2, 0) is 12.8 Å². The fourth-order valence-corrected chi connectivity index (χ4v) is 1.16. The maximum Gasteiger partial charge on any atom is 0.211 e. The van der Waals surface area contributed by atoms with E-state index in [0.717, 1.165) is 12.8 Å². The van der Waals surface area contributed by atoms with Gasteiger partial charge in [0.05, 0.1) is 0 Å². The third-order valence-electron chi connectivity index (χ3n) is 2.01. The lowest BCUT2D eigenvalue weighted by molar-refractivity contribution is 1.13. The second-order valence-electron chi connectivity index (χ2n) is 3.20. The van der Waals surface area contributed by atoms with Gasteiger partial charge in [0.25, 0.3) is 0 Å². The summed E-state index contributed by atoms with van der Waals surface area (Å²) in [6.45, 7) is 2.13. The van der Waals surface area contributed by atoms with Gasteiger partial charge in [0.15, 0.2) is 0 Å². The summed E-state index contributed by atoms with van der Waals surface area (Å²) in [5.41, 5.74) is 12.8. The Bertz CT molecular complexity index is 347. The summed E-state index contributed by atoms with van der Waals surface area (Å²) < 4.78 is 0. The molecule has 0 spiro atoms. The highest BCUT2D eigenvalue weighted by atomic mass is 15.3. The van der Waals surface area contributed by atoms with Gasteiger partial charge < -0.3 is 11.5 Å². The average Bonchev–Trinajstić information content (AvgIpc) is 2.25. The minimum Gasteiger partial charge on any atom is -0.369 e. The number of hydrogen-bond donors (Lipinski definition) is 2. The van der Waals surface area contributed by atoms with Crippen molar-refractivity contribution in [2.45, 2.75) is 19.8 Å². The predicted octanol–water partition coefficient (Wildman–Crippen LogP) is 1.05. The van der Waals surface area contributed by atoms with Gasteiger partial charge in [-0.1, -0.05) is 31.2 Å². The van der Waals surface area contributed by atoms with Crippen LogP contribution in [0.3, 0.4) is 0 Å². The van der Waals surface area contributed by atoms with E-state index in [2.05, 4.69) is 41.4 Å². The standard InChI is InChI=1S/C11H16N4/c1-2-9-3-5-10(6-4-9)7-8-14-15-11(12)13/h3-6,8H,2,7H2,1H3,(H4,12,13,15). The molecule has 1 aromatic rings. The largest absolute Gasteiger partial charge is 0.369 e. The Balaban J connectivity index is 2.51. The van der Waals surface area contributed by atoms with Crippen LogP contribution in [0.25, 0.3) is 0 Å². The lowest BCUT2D eigenvalue weighted by Gasteiger charge is -1.98. The molecule has 0 unspecified atom stereocenters. The van der Waals surface area contributed by atoms with Gasteiger partial charge in [0.1, 0.15) is 0 Å². The summed E-state index contributed by atoms with van der Waals surface area (Å²) in [5, 5.41) is 7.24. The molecule has 4 nitrogen and oxygen atoms in total. The molecule has 0 aromatic heterocycles. The number of nitrogens with two attached hydrogens (primary N) is 2. The fraction of sp³-hybridized carbons (Fsp3) is 0.273. The number of rotatable bonds is 4. The van der Waals surface area contributed by atoms with Crippen molar-refractivity contribution in [3.63, 3.8) is 0 Å². The molecule has 1 aromatic carbocycles. The zero-order chi connectivity index (χ0) is 11.1. The maximum atomic E-state index is 5.12. The average molecular weight is 204 g/mol. The summed E-state index contributed by atoms with van der Waals surface area (Å²) in [4.78, 5) is 0. The second kappa shape index (κ2) is 5.80. The Morgan fingerprint density at radius 2 is 1.80 bits per heavy atom. The molecule has 0 saturated heterocycles. The van der Waals surface area contributed by atoms with Gasteiger partial charge in [-0.2, -0.15) is 5.10 Å². The van der Waals surface area contributed by atoms with Crippen molar-refractivity contribution in [3.05, 3.63) is 35.4 Å². The minimum absolute atomic E-state index is 0.0208. The minimum atomic E-state index is -0.0208. The number of aryl methyl sites for hydroxylation is 1. The lowest BCUT2D eigenvalue weighted by Crippen LogP contribution is -2.21. The van der Waals surface area contributed by atoms with Crippen molar-refractivity contribution < 1.29 is 0 Å². The first-order valence-electron chi connectivity index (χ1n) is 4.90. The number of nitrogens with zero attached hydrogens (tertiary/aromatic N) is 2. The molecule has 80 valence electrons. The molecule has 0 aliphatic heterocycles. The molecule has 0 atom stereocenters. The highest BCUT2D eigenvalue weighted by molar-refractivity contribution is 5.76. The third-order valence-corrected chi connectivity index (χ3v) is 2.01. The molecule has 4 N–H and O–H groups in total. The van der Waals surface area contributed by atoms with Gasteiger partial charge in [-0.3, -0.25) is 0 Å². The predicted molar refractivity (Wildman–Crippen MR) is 63.8 cm³/mol. The van der Waals surface area contributed by atoms with Crippen molar-refractivity contribution in [1.82, 2.24) is 0 Å². The first-order valence-corrected chi connectivity index (χ1v) is 4.90. The summed E-state index contributed by atoms with van der Waals surface area (Å²) in [6.07, 6.45) is 3.48. The molecule has 0 saturated carbocycles. The molecule has 0 heterocycles. The van der Waals surface area contributed by atoms with E-state index < -0.39 is 0 Å². The van der Waals surface area contributed by atoms with Crippen LogP contribution in [0.2, 0.25) is 0 Å². The zero-order valence-corrected chi connectivity index (χ0v) is 8.85. The smallest absolute Gasteiger partial charge is 0.211 e. The summed E-state index contributed by atoms with van der Waals surface area (Å²) in [6, 6.07) is 8.40. The van der Waals surface area contributed by atoms with Gasteiger partial charge in [-0.05, 0) is 17.5 Å². The SMILES string of the molecule is CCc1ccc(CC=NN=C(N)N)cc1. The first kappa shape index (κ1) is 11.2. The van der Waals surface area contributed by atoms with Gasteiger partial charge in [-0.15, -0.1) is 5.10 Å². The maximum absolute atomic E-state index is 5.12. The van der Waals surface area contributed by atoms with Crippen LogP contribution in [0.15, 0.2) is 34.5 Å². The highest BCUT2D eigenvalue weighted by Crippen LogP contribution is 2.04. The topological polar surface area (TPSA) is 76.8 Å². The van der Waals surface area contributed by atoms with Crippen LogP contribution in [0, 0.1) is 0 Å². The molecular formula is C11H16N4. The summed E-state index contributed by atoms with van der Waals surface area (Å²) in [5.74, 6) is -0.0208. The second-order valence-corrected chi connectivity index (χ2v) is 3.20. The van der Waals surface area contributed by atoms with E-state index in [0.29, 0.717) is 0 Å². The van der Waals surface area contributed by atoms with E-state index >= 15 is 0 Å². The van der Waals surface area contributed by atoms with Gasteiger partial charge in [-0.25, -0.2) is 0 Å². The van der Waals surface area contributed by atoms with Crippen molar-refractivity contribution in [3.8, 4) is 0 Å². The zero-order valence-electron chi connectivity index (χ0n) is 8.85. The van der Waals surface area contributed by atoms with Crippen LogP contribution in [-0.4, -0.2) is 12.2 Å². The van der Waals surface area contributed by atoms with Gasteiger partial charge in [0.2, 0.25) is 5.96 Å². The molecule has 0 aliphatic rings. The van der Waals surface area contributed by atoms with Crippen LogP contribution < -0.4 is 11.5 Å². The Labute approximate surface area is 89.7 Å². The summed E-state index contributed by atoms with van der Waals surface area (Å²) in [7, 11) is 0. The van der Waals surface area contributed by atoms with Crippen molar-refractivity contribution in [1.29, 1.82) is 0 Å². The quantitative estimate of drug-likeness (QED) is 0.437. The molecule has 0 radical (unpaired) electrons. The Hall–Kier alpha value is -1.84. The Morgan fingerprint density at radius 1 is 1.20 bits per heavy atom. The van der Waals surface area contributed by atoms with E-state index in [1.807, 2.05) is 0 Å². The first-order chi connectivity index (χ1) is 7.22. The van der Waals surface area contributed by atoms with Gasteiger partial charge >= 0.3 is 0 Å². The number of guanidine groups is 1. The van der Waals surface area contributed by atoms with Crippen molar-refractivity contribution >= 4 is 12.2 Å². The molecule has 4 heteroatoms. The van der Waals surface area contributed by atoms with Crippen molar-refractivity contribution in [2.75, 3.05) is 0 Å². The molecule has 0 bridgehead atoms. The van der Waals surface area contributed by atoms with Crippen LogP contribution in [0.5, 0.6) is 0 Å². The van der Waals surface area contributed by atoms with E-state index in [-0.39, 0.29) is 5.96 Å². The molecule has 1 rings (SSSR count). The van der Waals surface area contributed by atoms with E-state index in [4.69, 9.17) is 11.5 Å². The Morgan fingerprint density at radius 3 is 2.33 bits per heavy atom. The molecule has 0 aliphatic carbocycles. The monoisotopic (exact) mass is 204 g/mol. The summed E-state index contributed by atoms with van der Waals surface area (Å²) >= 11 is 0. The lowest BCUT2D eigenvalue weighted by atomic mass is 10.1. The number of benzene rings is 1.